The lowest BCUT2D eigenvalue weighted by Gasteiger charge is -2.06. The quantitative estimate of drug-likeness (QED) is 0.769. The van der Waals surface area contributed by atoms with Crippen molar-refractivity contribution >= 4 is 27.4 Å². The molecule has 3 aromatic rings. The van der Waals surface area contributed by atoms with Gasteiger partial charge in [0.2, 0.25) is 0 Å². The molecule has 3 rings (SSSR count). The standard InChI is InChI=1S/C17H19N3S/c1-11(2)8-9-14-19-16(18)15-13(10-21-17(15)20-14)12-6-4-3-5-7-12/h3-7,10-11H,8-9H2,1-2H3,(H2,18,19,20). The Morgan fingerprint density at radius 3 is 2.62 bits per heavy atom. The molecule has 0 radical (unpaired) electrons. The first-order valence-electron chi connectivity index (χ1n) is 7.24. The van der Waals surface area contributed by atoms with Gasteiger partial charge in [0.05, 0.1) is 5.39 Å². The maximum Gasteiger partial charge on any atom is 0.136 e. The van der Waals surface area contributed by atoms with Crippen LogP contribution in [0.5, 0.6) is 0 Å². The van der Waals surface area contributed by atoms with Crippen LogP contribution in [0.15, 0.2) is 35.7 Å². The number of benzene rings is 1. The van der Waals surface area contributed by atoms with Crippen LogP contribution in [0.4, 0.5) is 5.82 Å². The number of anilines is 1. The van der Waals surface area contributed by atoms with E-state index in [0.29, 0.717) is 11.7 Å². The minimum atomic E-state index is 0.596. The molecule has 108 valence electrons. The van der Waals surface area contributed by atoms with Crippen LogP contribution in [-0.4, -0.2) is 9.97 Å². The summed E-state index contributed by atoms with van der Waals surface area (Å²) in [5.41, 5.74) is 8.49. The van der Waals surface area contributed by atoms with Gasteiger partial charge >= 0.3 is 0 Å². The van der Waals surface area contributed by atoms with Gasteiger partial charge in [0.15, 0.2) is 0 Å². The maximum atomic E-state index is 6.20. The SMILES string of the molecule is CC(C)CCc1nc(N)c2c(-c3ccccc3)csc2n1. The molecule has 0 saturated heterocycles. The van der Waals surface area contributed by atoms with Crippen molar-refractivity contribution in [2.24, 2.45) is 5.92 Å². The van der Waals surface area contributed by atoms with E-state index in [1.807, 2.05) is 18.2 Å². The highest BCUT2D eigenvalue weighted by molar-refractivity contribution is 7.17. The van der Waals surface area contributed by atoms with Gasteiger partial charge in [-0.25, -0.2) is 9.97 Å². The lowest BCUT2D eigenvalue weighted by atomic mass is 10.1. The molecule has 3 nitrogen and oxygen atoms in total. The second kappa shape index (κ2) is 5.82. The second-order valence-electron chi connectivity index (χ2n) is 5.65. The number of rotatable bonds is 4. The van der Waals surface area contributed by atoms with E-state index < -0.39 is 0 Å². The molecule has 0 atom stereocenters. The van der Waals surface area contributed by atoms with E-state index in [1.165, 1.54) is 0 Å². The van der Waals surface area contributed by atoms with Gasteiger partial charge in [0.1, 0.15) is 16.5 Å². The molecule has 0 fully saturated rings. The third-order valence-electron chi connectivity index (χ3n) is 3.54. The third-order valence-corrected chi connectivity index (χ3v) is 4.41. The summed E-state index contributed by atoms with van der Waals surface area (Å²) in [5.74, 6) is 2.10. The molecule has 1 aromatic carbocycles. The van der Waals surface area contributed by atoms with Crippen molar-refractivity contribution in [2.75, 3.05) is 5.73 Å². The van der Waals surface area contributed by atoms with Crippen molar-refractivity contribution in [1.82, 2.24) is 9.97 Å². The zero-order valence-corrected chi connectivity index (χ0v) is 13.2. The summed E-state index contributed by atoms with van der Waals surface area (Å²) in [6, 6.07) is 10.3. The van der Waals surface area contributed by atoms with E-state index >= 15 is 0 Å². The molecule has 0 amide bonds. The van der Waals surface area contributed by atoms with Gasteiger partial charge in [-0.05, 0) is 17.9 Å². The monoisotopic (exact) mass is 297 g/mol. The first-order valence-corrected chi connectivity index (χ1v) is 8.12. The average Bonchev–Trinajstić information content (AvgIpc) is 2.90. The average molecular weight is 297 g/mol. The Labute approximate surface area is 128 Å². The smallest absolute Gasteiger partial charge is 0.136 e. The van der Waals surface area contributed by atoms with Gasteiger partial charge in [-0.1, -0.05) is 44.2 Å². The molecule has 0 unspecified atom stereocenters. The zero-order valence-electron chi connectivity index (χ0n) is 12.3. The van der Waals surface area contributed by atoms with E-state index in [0.717, 1.165) is 40.0 Å². The number of aryl methyl sites for hydroxylation is 1. The normalized spacial score (nSPS) is 11.4. The van der Waals surface area contributed by atoms with Crippen molar-refractivity contribution in [2.45, 2.75) is 26.7 Å². The number of hydrogen-bond donors (Lipinski definition) is 1. The summed E-state index contributed by atoms with van der Waals surface area (Å²) >= 11 is 1.64. The highest BCUT2D eigenvalue weighted by Gasteiger charge is 2.13. The van der Waals surface area contributed by atoms with Gasteiger partial charge in [0.25, 0.3) is 0 Å². The van der Waals surface area contributed by atoms with Crippen molar-refractivity contribution in [1.29, 1.82) is 0 Å². The number of nitrogens with zero attached hydrogens (tertiary/aromatic N) is 2. The summed E-state index contributed by atoms with van der Waals surface area (Å²) in [5, 5.41) is 3.11. The lowest BCUT2D eigenvalue weighted by molar-refractivity contribution is 0.576. The minimum Gasteiger partial charge on any atom is -0.383 e. The van der Waals surface area contributed by atoms with Gasteiger partial charge in [-0.15, -0.1) is 11.3 Å². The predicted molar refractivity (Wildman–Crippen MR) is 90.4 cm³/mol. The molecule has 0 aliphatic heterocycles. The number of thiophene rings is 1. The van der Waals surface area contributed by atoms with Gasteiger partial charge in [-0.3, -0.25) is 0 Å². The maximum absolute atomic E-state index is 6.20. The fourth-order valence-electron chi connectivity index (χ4n) is 2.37. The fourth-order valence-corrected chi connectivity index (χ4v) is 3.35. The molecule has 4 heteroatoms. The van der Waals surface area contributed by atoms with Crippen LogP contribution in [0.2, 0.25) is 0 Å². The molecule has 0 saturated carbocycles. The second-order valence-corrected chi connectivity index (χ2v) is 6.51. The predicted octanol–water partition coefficient (Wildman–Crippen LogP) is 4.53. The van der Waals surface area contributed by atoms with Crippen LogP contribution in [0.3, 0.4) is 0 Å². The first kappa shape index (κ1) is 14.0. The summed E-state index contributed by atoms with van der Waals surface area (Å²) in [7, 11) is 0. The summed E-state index contributed by atoms with van der Waals surface area (Å²) in [4.78, 5) is 10.2. The third kappa shape index (κ3) is 2.90. The van der Waals surface area contributed by atoms with Gasteiger partial charge in [0, 0.05) is 17.4 Å². The van der Waals surface area contributed by atoms with E-state index in [9.17, 15) is 0 Å². The van der Waals surface area contributed by atoms with E-state index in [1.54, 1.807) is 11.3 Å². The Morgan fingerprint density at radius 2 is 1.90 bits per heavy atom. The molecule has 2 heterocycles. The number of aromatic nitrogens is 2. The first-order chi connectivity index (χ1) is 10.1. The molecular weight excluding hydrogens is 278 g/mol. The van der Waals surface area contributed by atoms with Crippen molar-refractivity contribution in [3.63, 3.8) is 0 Å². The number of nitrogens with two attached hydrogens (primary N) is 1. The van der Waals surface area contributed by atoms with Crippen LogP contribution in [0.1, 0.15) is 26.1 Å². The Hall–Kier alpha value is -1.94. The van der Waals surface area contributed by atoms with E-state index in [4.69, 9.17) is 5.73 Å². The van der Waals surface area contributed by atoms with Crippen LogP contribution in [0.25, 0.3) is 21.3 Å². The molecular formula is C17H19N3S. The Kier molecular flexibility index (Phi) is 3.88. The van der Waals surface area contributed by atoms with Crippen LogP contribution in [0, 0.1) is 5.92 Å². The molecule has 0 aliphatic carbocycles. The van der Waals surface area contributed by atoms with Gasteiger partial charge < -0.3 is 5.73 Å². The molecule has 21 heavy (non-hydrogen) atoms. The minimum absolute atomic E-state index is 0.596. The topological polar surface area (TPSA) is 51.8 Å². The molecule has 0 bridgehead atoms. The Bertz CT molecular complexity index is 747. The van der Waals surface area contributed by atoms with Crippen LogP contribution in [-0.2, 0) is 6.42 Å². The lowest BCUT2D eigenvalue weighted by Crippen LogP contribution is -2.02. The summed E-state index contributed by atoms with van der Waals surface area (Å²) in [6.07, 6.45) is 1.97. The molecule has 2 N–H and O–H groups in total. The largest absolute Gasteiger partial charge is 0.383 e. The molecule has 0 spiro atoms. The van der Waals surface area contributed by atoms with Gasteiger partial charge in [-0.2, -0.15) is 0 Å². The van der Waals surface area contributed by atoms with Crippen LogP contribution < -0.4 is 5.73 Å². The Balaban J connectivity index is 2.03. The highest BCUT2D eigenvalue weighted by Crippen LogP contribution is 2.35. The summed E-state index contributed by atoms with van der Waals surface area (Å²) in [6.45, 7) is 4.42. The van der Waals surface area contributed by atoms with E-state index in [-0.39, 0.29) is 0 Å². The zero-order chi connectivity index (χ0) is 14.8. The number of nitrogen functional groups attached to an aromatic ring is 1. The molecule has 0 aliphatic rings. The fraction of sp³-hybridized carbons (Fsp3) is 0.294. The highest BCUT2D eigenvalue weighted by atomic mass is 32.1. The number of hydrogen-bond acceptors (Lipinski definition) is 4. The van der Waals surface area contributed by atoms with Crippen molar-refractivity contribution in [3.8, 4) is 11.1 Å². The Morgan fingerprint density at radius 1 is 1.14 bits per heavy atom. The number of fused-ring (bicyclic) bond motifs is 1. The summed E-state index contributed by atoms with van der Waals surface area (Å²) < 4.78 is 0. The van der Waals surface area contributed by atoms with E-state index in [2.05, 4.69) is 41.3 Å². The van der Waals surface area contributed by atoms with Crippen LogP contribution >= 0.6 is 11.3 Å². The molecule has 2 aromatic heterocycles. The van der Waals surface area contributed by atoms with Crippen molar-refractivity contribution < 1.29 is 0 Å². The van der Waals surface area contributed by atoms with Crippen molar-refractivity contribution in [3.05, 3.63) is 41.5 Å².